The Balaban J connectivity index is 4.33. The lowest BCUT2D eigenvalue weighted by molar-refractivity contribution is -0.142. The van der Waals surface area contributed by atoms with Gasteiger partial charge in [-0.2, -0.15) is 0 Å². The smallest absolute Gasteiger partial charge is 0.260 e. The number of hydrazine groups is 1. The van der Waals surface area contributed by atoms with Crippen LogP contribution in [0.3, 0.4) is 0 Å². The van der Waals surface area contributed by atoms with Crippen LogP contribution < -0.4 is 0 Å². The quantitative estimate of drug-likeness (QED) is 0.447. The molecular formula is C8H16N2O. The van der Waals surface area contributed by atoms with Gasteiger partial charge in [-0.05, 0) is 19.9 Å². The summed E-state index contributed by atoms with van der Waals surface area (Å²) in [7, 11) is 3.67. The highest BCUT2D eigenvalue weighted by Gasteiger charge is 2.15. The van der Waals surface area contributed by atoms with Crippen LogP contribution in [-0.4, -0.2) is 36.1 Å². The van der Waals surface area contributed by atoms with Gasteiger partial charge in [-0.3, -0.25) is 9.80 Å². The molecule has 0 aromatic rings. The first-order valence-corrected chi connectivity index (χ1v) is 3.63. The number of carbonyl (C=O) groups is 1. The van der Waals surface area contributed by atoms with E-state index < -0.39 is 0 Å². The van der Waals surface area contributed by atoms with Gasteiger partial charge in [-0.25, -0.2) is 5.01 Å². The van der Waals surface area contributed by atoms with Gasteiger partial charge >= 0.3 is 0 Å². The molecule has 1 amide bonds. The van der Waals surface area contributed by atoms with Crippen LogP contribution in [0.2, 0.25) is 0 Å². The largest absolute Gasteiger partial charge is 0.270 e. The van der Waals surface area contributed by atoms with E-state index in [-0.39, 0.29) is 11.9 Å². The van der Waals surface area contributed by atoms with E-state index >= 15 is 0 Å². The molecule has 0 N–H and O–H groups in total. The third-order valence-electron chi connectivity index (χ3n) is 1.32. The lowest BCUT2D eigenvalue weighted by Gasteiger charge is -2.31. The van der Waals surface area contributed by atoms with Crippen molar-refractivity contribution in [2.75, 3.05) is 14.1 Å². The topological polar surface area (TPSA) is 23.6 Å². The van der Waals surface area contributed by atoms with Crippen molar-refractivity contribution in [2.45, 2.75) is 19.9 Å². The Bertz CT molecular complexity index is 144. The molecule has 0 aliphatic rings. The van der Waals surface area contributed by atoms with Crippen LogP contribution >= 0.6 is 0 Å². The van der Waals surface area contributed by atoms with Gasteiger partial charge in [-0.15, -0.1) is 0 Å². The molecular weight excluding hydrogens is 140 g/mol. The van der Waals surface area contributed by atoms with Crippen molar-refractivity contribution in [3.8, 4) is 0 Å². The van der Waals surface area contributed by atoms with Gasteiger partial charge in [0.2, 0.25) is 0 Å². The second kappa shape index (κ2) is 4.13. The summed E-state index contributed by atoms with van der Waals surface area (Å²) in [6.07, 6.45) is 1.32. The molecule has 0 saturated heterocycles. The van der Waals surface area contributed by atoms with Crippen LogP contribution in [-0.2, 0) is 4.79 Å². The zero-order valence-electron chi connectivity index (χ0n) is 7.66. The molecule has 0 heterocycles. The molecule has 64 valence electrons. The molecule has 0 fully saturated rings. The Kier molecular flexibility index (Phi) is 3.82. The van der Waals surface area contributed by atoms with E-state index in [1.54, 1.807) is 10.0 Å². The van der Waals surface area contributed by atoms with E-state index in [1.165, 1.54) is 6.08 Å². The fourth-order valence-electron chi connectivity index (χ4n) is 1.01. The maximum Gasteiger partial charge on any atom is 0.260 e. The lowest BCUT2D eigenvalue weighted by atomic mass is 10.3. The molecule has 0 bridgehead atoms. The van der Waals surface area contributed by atoms with E-state index in [2.05, 4.69) is 6.58 Å². The Morgan fingerprint density at radius 1 is 1.45 bits per heavy atom. The van der Waals surface area contributed by atoms with E-state index in [0.29, 0.717) is 0 Å². The van der Waals surface area contributed by atoms with Crippen LogP contribution in [0.15, 0.2) is 12.7 Å². The molecule has 11 heavy (non-hydrogen) atoms. The zero-order valence-corrected chi connectivity index (χ0v) is 7.66. The molecule has 0 aromatic carbocycles. The number of hydrogen-bond acceptors (Lipinski definition) is 2. The minimum atomic E-state index is -0.0648. The number of nitrogens with zero attached hydrogens (tertiary/aromatic N) is 2. The van der Waals surface area contributed by atoms with Gasteiger partial charge in [0, 0.05) is 20.1 Å². The Morgan fingerprint density at radius 3 is 2.00 bits per heavy atom. The average molecular weight is 156 g/mol. The van der Waals surface area contributed by atoms with Crippen LogP contribution in [0, 0.1) is 0 Å². The van der Waals surface area contributed by atoms with Gasteiger partial charge in [0.05, 0.1) is 0 Å². The number of amides is 1. The summed E-state index contributed by atoms with van der Waals surface area (Å²) in [5, 5.41) is 3.39. The minimum absolute atomic E-state index is 0.0648. The third-order valence-corrected chi connectivity index (χ3v) is 1.32. The summed E-state index contributed by atoms with van der Waals surface area (Å²) < 4.78 is 0. The summed E-state index contributed by atoms with van der Waals surface area (Å²) in [5.41, 5.74) is 0. The maximum atomic E-state index is 11.2. The van der Waals surface area contributed by atoms with Crippen molar-refractivity contribution in [2.24, 2.45) is 0 Å². The molecule has 0 aliphatic heterocycles. The predicted octanol–water partition coefficient (Wildman–Crippen LogP) is 0.886. The van der Waals surface area contributed by atoms with E-state index in [4.69, 9.17) is 0 Å². The molecule has 0 radical (unpaired) electrons. The summed E-state index contributed by atoms with van der Waals surface area (Å²) in [6.45, 7) is 7.35. The normalized spacial score (nSPS) is 10.4. The first kappa shape index (κ1) is 10.2. The Labute approximate surface area is 68.3 Å². The molecule has 0 aromatic heterocycles. The van der Waals surface area contributed by atoms with E-state index in [0.717, 1.165) is 0 Å². The summed E-state index contributed by atoms with van der Waals surface area (Å²) in [6, 6.07) is 0.176. The molecule has 3 nitrogen and oxygen atoms in total. The number of hydrogen-bond donors (Lipinski definition) is 0. The van der Waals surface area contributed by atoms with Crippen molar-refractivity contribution in [1.29, 1.82) is 0 Å². The van der Waals surface area contributed by atoms with Crippen molar-refractivity contribution < 1.29 is 4.79 Å². The fraction of sp³-hybridized carbons (Fsp3) is 0.625. The molecule has 0 unspecified atom stereocenters. The number of carbonyl (C=O) groups excluding carboxylic acids is 1. The SMILES string of the molecule is C=CC(=O)N(C(C)C)N(C)C. The highest BCUT2D eigenvalue weighted by atomic mass is 16.2. The first-order valence-electron chi connectivity index (χ1n) is 3.63. The molecule has 3 heteroatoms. The standard InChI is InChI=1S/C8H16N2O/c1-6-8(11)10(7(2)3)9(4)5/h6-7H,1H2,2-5H3. The average Bonchev–Trinajstić information content (AvgIpc) is 1.85. The molecule has 0 aliphatic carbocycles. The van der Waals surface area contributed by atoms with Crippen LogP contribution in [0.4, 0.5) is 0 Å². The maximum absolute atomic E-state index is 11.2. The highest BCUT2D eigenvalue weighted by Crippen LogP contribution is 2.00. The van der Waals surface area contributed by atoms with Gasteiger partial charge < -0.3 is 0 Å². The molecule has 0 rings (SSSR count). The second-order valence-corrected chi connectivity index (χ2v) is 2.83. The molecule has 0 spiro atoms. The lowest BCUT2D eigenvalue weighted by Crippen LogP contribution is -2.45. The number of rotatable bonds is 3. The van der Waals surface area contributed by atoms with E-state index in [1.807, 2.05) is 27.9 Å². The van der Waals surface area contributed by atoms with Gasteiger partial charge in [0.15, 0.2) is 0 Å². The van der Waals surface area contributed by atoms with Gasteiger partial charge in [0.1, 0.15) is 0 Å². The monoisotopic (exact) mass is 156 g/mol. The highest BCUT2D eigenvalue weighted by molar-refractivity contribution is 5.86. The van der Waals surface area contributed by atoms with Crippen molar-refractivity contribution in [3.05, 3.63) is 12.7 Å². The Hall–Kier alpha value is -0.830. The summed E-state index contributed by atoms with van der Waals surface area (Å²) >= 11 is 0. The third kappa shape index (κ3) is 2.72. The predicted molar refractivity (Wildman–Crippen MR) is 45.9 cm³/mol. The van der Waals surface area contributed by atoms with Crippen molar-refractivity contribution in [3.63, 3.8) is 0 Å². The second-order valence-electron chi connectivity index (χ2n) is 2.83. The Morgan fingerprint density at radius 2 is 1.91 bits per heavy atom. The zero-order chi connectivity index (χ0) is 9.02. The molecule has 0 saturated carbocycles. The van der Waals surface area contributed by atoms with Crippen LogP contribution in [0.5, 0.6) is 0 Å². The molecule has 0 atom stereocenters. The summed E-state index contributed by atoms with van der Waals surface area (Å²) in [5.74, 6) is -0.0648. The van der Waals surface area contributed by atoms with Gasteiger partial charge in [-0.1, -0.05) is 6.58 Å². The van der Waals surface area contributed by atoms with Crippen LogP contribution in [0.25, 0.3) is 0 Å². The fourth-order valence-corrected chi connectivity index (χ4v) is 1.01. The van der Waals surface area contributed by atoms with E-state index in [9.17, 15) is 4.79 Å². The van der Waals surface area contributed by atoms with Crippen molar-refractivity contribution in [1.82, 2.24) is 10.0 Å². The van der Waals surface area contributed by atoms with Gasteiger partial charge in [0.25, 0.3) is 5.91 Å². The van der Waals surface area contributed by atoms with Crippen LogP contribution in [0.1, 0.15) is 13.8 Å². The first-order chi connectivity index (χ1) is 5.00. The minimum Gasteiger partial charge on any atom is -0.270 e. The summed E-state index contributed by atoms with van der Waals surface area (Å²) in [4.78, 5) is 11.2. The van der Waals surface area contributed by atoms with Crippen molar-refractivity contribution >= 4 is 5.91 Å².